The summed E-state index contributed by atoms with van der Waals surface area (Å²) in [5.41, 5.74) is 1.03. The molecule has 1 heterocycles. The molecule has 0 aliphatic carbocycles. The van der Waals surface area contributed by atoms with E-state index in [2.05, 4.69) is 5.32 Å². The van der Waals surface area contributed by atoms with Gasteiger partial charge in [-0.25, -0.2) is 9.00 Å². The number of benzene rings is 2. The number of carbonyl (C=O) groups is 2. The molecule has 2 N–H and O–H groups in total. The minimum Gasteiger partial charge on any atom is -0.478 e. The second-order valence-corrected chi connectivity index (χ2v) is 6.82. The summed E-state index contributed by atoms with van der Waals surface area (Å²) in [5, 5.41) is 11.9. The average Bonchev–Trinajstić information content (AvgIpc) is 2.53. The Morgan fingerprint density at radius 2 is 2.00 bits per heavy atom. The van der Waals surface area contributed by atoms with Crippen LogP contribution in [0.3, 0.4) is 0 Å². The van der Waals surface area contributed by atoms with Crippen LogP contribution in [0.1, 0.15) is 31.8 Å². The Hall–Kier alpha value is -2.18. The molecular weight excluding hydrogens is 338 g/mol. The summed E-state index contributed by atoms with van der Waals surface area (Å²) in [6.07, 6.45) is 0.306. The first kappa shape index (κ1) is 15.7. The van der Waals surface area contributed by atoms with E-state index in [9.17, 15) is 18.9 Å². The van der Waals surface area contributed by atoms with Gasteiger partial charge in [0.05, 0.1) is 31.8 Å². The molecule has 1 unspecified atom stereocenters. The van der Waals surface area contributed by atoms with Gasteiger partial charge in [-0.3, -0.25) is 4.79 Å². The fourth-order valence-electron chi connectivity index (χ4n) is 2.74. The van der Waals surface area contributed by atoms with E-state index in [1.165, 1.54) is 13.1 Å². The molecule has 2 aromatic rings. The van der Waals surface area contributed by atoms with Crippen LogP contribution in [0.5, 0.6) is 0 Å². The van der Waals surface area contributed by atoms with Gasteiger partial charge in [0.25, 0.3) is 5.91 Å². The van der Waals surface area contributed by atoms with E-state index in [1.807, 2.05) is 12.1 Å². The van der Waals surface area contributed by atoms with Gasteiger partial charge in [-0.1, -0.05) is 29.8 Å². The van der Waals surface area contributed by atoms with E-state index in [0.29, 0.717) is 21.8 Å². The first-order chi connectivity index (χ1) is 11.0. The van der Waals surface area contributed by atoms with E-state index >= 15 is 0 Å². The van der Waals surface area contributed by atoms with Crippen LogP contribution in [0, 0.1) is 0 Å². The molecule has 1 amide bonds. The van der Waals surface area contributed by atoms with Gasteiger partial charge in [0, 0.05) is 18.4 Å². The largest absolute Gasteiger partial charge is 0.478 e. The SMILES string of the molecule is CNC(=O)c1c(C(=O)O)cc(Cl)c2c1Cc1ccccc1S2=O. The van der Waals surface area contributed by atoms with Gasteiger partial charge in [-0.15, -0.1) is 0 Å². The van der Waals surface area contributed by atoms with Gasteiger partial charge in [-0.2, -0.15) is 0 Å². The maximum atomic E-state index is 12.8. The molecule has 7 heteroatoms. The van der Waals surface area contributed by atoms with Gasteiger partial charge >= 0.3 is 5.97 Å². The molecule has 0 spiro atoms. The fraction of sp³-hybridized carbons (Fsp3) is 0.125. The van der Waals surface area contributed by atoms with Crippen LogP contribution in [-0.4, -0.2) is 28.2 Å². The second kappa shape index (κ2) is 5.79. The lowest BCUT2D eigenvalue weighted by molar-refractivity contribution is 0.0691. The summed E-state index contributed by atoms with van der Waals surface area (Å²) in [6, 6.07) is 8.34. The summed E-state index contributed by atoms with van der Waals surface area (Å²) < 4.78 is 12.8. The topological polar surface area (TPSA) is 83.5 Å². The highest BCUT2D eigenvalue weighted by atomic mass is 35.5. The predicted octanol–water partition coefficient (Wildman–Crippen LogP) is 2.47. The molecule has 0 fully saturated rings. The Kier molecular flexibility index (Phi) is 3.95. The van der Waals surface area contributed by atoms with Crippen molar-refractivity contribution in [2.45, 2.75) is 16.2 Å². The molecular formula is C16H12ClNO4S. The lowest BCUT2D eigenvalue weighted by Crippen LogP contribution is -2.25. The van der Waals surface area contributed by atoms with Gasteiger partial charge in [0.1, 0.15) is 0 Å². The lowest BCUT2D eigenvalue weighted by Gasteiger charge is -2.23. The van der Waals surface area contributed by atoms with Crippen LogP contribution in [0.2, 0.25) is 5.02 Å². The standard InChI is InChI=1S/C16H12ClNO4S/c1-18-15(19)13-9-6-8-4-2-3-5-12(8)23(22)14(9)11(17)7-10(13)16(20)21/h2-5,7H,6H2,1H3,(H,18,19)(H,20,21). The zero-order valence-electron chi connectivity index (χ0n) is 12.1. The number of nitrogens with one attached hydrogen (secondary N) is 1. The molecule has 0 radical (unpaired) electrons. The number of hydrogen-bond acceptors (Lipinski definition) is 3. The smallest absolute Gasteiger partial charge is 0.336 e. The van der Waals surface area contributed by atoms with Crippen molar-refractivity contribution in [3.05, 3.63) is 57.6 Å². The van der Waals surface area contributed by atoms with Crippen molar-refractivity contribution < 1.29 is 18.9 Å². The molecule has 1 aliphatic rings. The summed E-state index contributed by atoms with van der Waals surface area (Å²) in [6.45, 7) is 0. The van der Waals surface area contributed by atoms with Crippen molar-refractivity contribution in [3.63, 3.8) is 0 Å². The normalized spacial score (nSPS) is 15.5. The quantitative estimate of drug-likeness (QED) is 0.744. The highest BCUT2D eigenvalue weighted by Crippen LogP contribution is 2.39. The van der Waals surface area contributed by atoms with Crippen molar-refractivity contribution in [2.24, 2.45) is 0 Å². The number of rotatable bonds is 2. The summed E-state index contributed by atoms with van der Waals surface area (Å²) in [7, 11) is -0.137. The van der Waals surface area contributed by atoms with E-state index in [4.69, 9.17) is 11.6 Å². The highest BCUT2D eigenvalue weighted by Gasteiger charge is 2.32. The lowest BCUT2D eigenvalue weighted by atomic mass is 9.94. The fourth-order valence-corrected chi connectivity index (χ4v) is 4.61. The molecule has 0 aromatic heterocycles. The Balaban J connectivity index is 2.36. The van der Waals surface area contributed by atoms with Crippen LogP contribution in [0.25, 0.3) is 0 Å². The molecule has 1 atom stereocenters. The number of fused-ring (bicyclic) bond motifs is 2. The Labute approximate surface area is 139 Å². The second-order valence-electron chi connectivity index (χ2n) is 5.03. The summed E-state index contributed by atoms with van der Waals surface area (Å²) in [4.78, 5) is 24.7. The Morgan fingerprint density at radius 3 is 2.65 bits per heavy atom. The first-order valence-electron chi connectivity index (χ1n) is 6.76. The van der Waals surface area contributed by atoms with Gasteiger partial charge in [0.2, 0.25) is 0 Å². The summed E-state index contributed by atoms with van der Waals surface area (Å²) >= 11 is 6.18. The first-order valence-corrected chi connectivity index (χ1v) is 8.29. The third-order valence-corrected chi connectivity index (χ3v) is 5.79. The molecule has 5 nitrogen and oxygen atoms in total. The minimum absolute atomic E-state index is 0.0160. The Morgan fingerprint density at radius 1 is 1.30 bits per heavy atom. The van der Waals surface area contributed by atoms with E-state index in [1.54, 1.807) is 12.1 Å². The van der Waals surface area contributed by atoms with Crippen molar-refractivity contribution in [3.8, 4) is 0 Å². The van der Waals surface area contributed by atoms with Gasteiger partial charge in [-0.05, 0) is 23.3 Å². The number of carboxylic acid groups (broad SMARTS) is 1. The average molecular weight is 350 g/mol. The van der Waals surface area contributed by atoms with E-state index in [0.717, 1.165) is 5.56 Å². The third kappa shape index (κ3) is 2.44. The number of aromatic carboxylic acids is 1. The third-order valence-electron chi connectivity index (χ3n) is 3.74. The van der Waals surface area contributed by atoms with Crippen molar-refractivity contribution in [2.75, 3.05) is 7.05 Å². The van der Waals surface area contributed by atoms with Crippen molar-refractivity contribution in [1.29, 1.82) is 0 Å². The molecule has 0 saturated carbocycles. The van der Waals surface area contributed by atoms with Crippen LogP contribution in [-0.2, 0) is 17.2 Å². The predicted molar refractivity (Wildman–Crippen MR) is 85.7 cm³/mol. The van der Waals surface area contributed by atoms with Crippen LogP contribution in [0.15, 0.2) is 40.1 Å². The number of carboxylic acids is 1. The highest BCUT2D eigenvalue weighted by molar-refractivity contribution is 7.85. The molecule has 23 heavy (non-hydrogen) atoms. The maximum absolute atomic E-state index is 12.8. The van der Waals surface area contributed by atoms with Crippen LogP contribution >= 0.6 is 11.6 Å². The molecule has 3 rings (SSSR count). The van der Waals surface area contributed by atoms with Gasteiger partial charge in [0.15, 0.2) is 0 Å². The van der Waals surface area contributed by atoms with Crippen molar-refractivity contribution >= 4 is 34.3 Å². The zero-order valence-corrected chi connectivity index (χ0v) is 13.6. The molecule has 0 bridgehead atoms. The number of carbonyl (C=O) groups excluding carboxylic acids is 1. The van der Waals surface area contributed by atoms with E-state index < -0.39 is 22.7 Å². The van der Waals surface area contributed by atoms with Crippen LogP contribution < -0.4 is 5.32 Å². The maximum Gasteiger partial charge on any atom is 0.336 e. The molecule has 2 aromatic carbocycles. The molecule has 1 aliphatic heterocycles. The summed E-state index contributed by atoms with van der Waals surface area (Å²) in [5.74, 6) is -1.79. The monoisotopic (exact) mass is 349 g/mol. The van der Waals surface area contributed by atoms with E-state index in [-0.39, 0.29) is 16.1 Å². The Bertz CT molecular complexity index is 879. The molecule has 118 valence electrons. The number of halogens is 1. The van der Waals surface area contributed by atoms with Crippen molar-refractivity contribution in [1.82, 2.24) is 5.32 Å². The minimum atomic E-state index is -1.56. The number of hydrogen-bond donors (Lipinski definition) is 2. The number of amides is 1. The van der Waals surface area contributed by atoms with Gasteiger partial charge < -0.3 is 10.4 Å². The van der Waals surface area contributed by atoms with Crippen LogP contribution in [0.4, 0.5) is 0 Å². The molecule has 0 saturated heterocycles. The zero-order chi connectivity index (χ0) is 16.7.